The summed E-state index contributed by atoms with van der Waals surface area (Å²) in [7, 11) is 0. The minimum Gasteiger partial charge on any atom is -0.320 e. The molecule has 0 saturated heterocycles. The van der Waals surface area contributed by atoms with Crippen molar-refractivity contribution in [3.63, 3.8) is 0 Å². The van der Waals surface area contributed by atoms with Gasteiger partial charge in [-0.2, -0.15) is 0 Å². The zero-order chi connectivity index (χ0) is 19.4. The van der Waals surface area contributed by atoms with Crippen LogP contribution in [0.25, 0.3) is 11.0 Å². The summed E-state index contributed by atoms with van der Waals surface area (Å²) >= 11 is 7.33. The van der Waals surface area contributed by atoms with Gasteiger partial charge in [-0.05, 0) is 30.7 Å². The molecule has 0 spiro atoms. The fourth-order valence-corrected chi connectivity index (χ4v) is 3.69. The highest BCUT2D eigenvalue weighted by Gasteiger charge is 2.17. The molecule has 1 aromatic heterocycles. The number of nitrogens with one attached hydrogen (secondary N) is 1. The highest BCUT2D eigenvalue weighted by atomic mass is 35.5. The number of thioether (sulfide) groups is 1. The van der Waals surface area contributed by atoms with E-state index >= 15 is 0 Å². The van der Waals surface area contributed by atoms with E-state index in [1.807, 2.05) is 12.1 Å². The van der Waals surface area contributed by atoms with Crippen molar-refractivity contribution in [1.29, 1.82) is 0 Å². The third kappa shape index (κ3) is 4.40. The number of nitrogens with zero attached hydrogens (tertiary/aromatic N) is 3. The Labute approximate surface area is 164 Å². The zero-order valence-corrected chi connectivity index (χ0v) is 16.1. The molecule has 0 bridgehead atoms. The second kappa shape index (κ2) is 8.41. The smallest absolute Gasteiger partial charge is 0.292 e. The fourth-order valence-electron chi connectivity index (χ4n) is 2.69. The number of anilines is 1. The summed E-state index contributed by atoms with van der Waals surface area (Å²) in [6.45, 7) is 2.84. The second-order valence-corrected chi connectivity index (χ2v) is 7.17. The number of nitro benzene ring substituents is 1. The first kappa shape index (κ1) is 19.2. The normalized spacial score (nSPS) is 10.9. The van der Waals surface area contributed by atoms with Crippen molar-refractivity contribution in [2.75, 3.05) is 11.1 Å². The number of aryl methyl sites for hydroxylation is 1. The zero-order valence-electron chi connectivity index (χ0n) is 14.5. The minimum absolute atomic E-state index is 0.0901. The fraction of sp³-hybridized carbons (Fsp3) is 0.222. The van der Waals surface area contributed by atoms with Crippen molar-refractivity contribution in [2.45, 2.75) is 25.0 Å². The average molecular weight is 405 g/mol. The van der Waals surface area contributed by atoms with Crippen LogP contribution in [-0.4, -0.2) is 26.1 Å². The van der Waals surface area contributed by atoms with Gasteiger partial charge in [0, 0.05) is 17.6 Å². The number of hydrogen-bond acceptors (Lipinski definition) is 5. The number of nitro groups is 1. The first-order chi connectivity index (χ1) is 13.0. The van der Waals surface area contributed by atoms with E-state index in [-0.39, 0.29) is 23.0 Å². The van der Waals surface area contributed by atoms with E-state index in [0.717, 1.165) is 24.0 Å². The van der Waals surface area contributed by atoms with Crippen molar-refractivity contribution < 1.29 is 9.72 Å². The molecular weight excluding hydrogens is 388 g/mol. The van der Waals surface area contributed by atoms with Crippen LogP contribution in [0.3, 0.4) is 0 Å². The highest BCUT2D eigenvalue weighted by molar-refractivity contribution is 7.99. The van der Waals surface area contributed by atoms with E-state index in [2.05, 4.69) is 21.8 Å². The quantitative estimate of drug-likeness (QED) is 0.349. The van der Waals surface area contributed by atoms with Crippen LogP contribution in [0.2, 0.25) is 5.02 Å². The largest absolute Gasteiger partial charge is 0.320 e. The maximum absolute atomic E-state index is 12.3. The van der Waals surface area contributed by atoms with Gasteiger partial charge in [0.2, 0.25) is 5.91 Å². The molecule has 0 saturated carbocycles. The molecule has 27 heavy (non-hydrogen) atoms. The molecule has 1 amide bonds. The van der Waals surface area contributed by atoms with Crippen molar-refractivity contribution in [2.24, 2.45) is 0 Å². The Hall–Kier alpha value is -2.58. The van der Waals surface area contributed by atoms with Crippen LogP contribution < -0.4 is 5.32 Å². The number of carbonyl (C=O) groups excluding carboxylic acids is 1. The standard InChI is InChI=1S/C18H17ClN4O3S/c1-2-9-22-15-8-7-12(19)10-14(15)21-18(22)27-11-17(24)20-13-5-3-4-6-16(13)23(25)26/h3-8,10H,2,9,11H2,1H3,(H,20,24). The van der Waals surface area contributed by atoms with Gasteiger partial charge in [0.1, 0.15) is 5.69 Å². The monoisotopic (exact) mass is 404 g/mol. The van der Waals surface area contributed by atoms with Gasteiger partial charge in [-0.1, -0.05) is 42.4 Å². The molecule has 7 nitrogen and oxygen atoms in total. The van der Waals surface area contributed by atoms with Crippen LogP contribution in [-0.2, 0) is 11.3 Å². The van der Waals surface area contributed by atoms with E-state index in [9.17, 15) is 14.9 Å². The lowest BCUT2D eigenvalue weighted by Crippen LogP contribution is -2.15. The summed E-state index contributed by atoms with van der Waals surface area (Å²) in [6, 6.07) is 11.6. The third-order valence-electron chi connectivity index (χ3n) is 3.83. The molecule has 3 aromatic rings. The molecule has 140 valence electrons. The molecule has 0 fully saturated rings. The summed E-state index contributed by atoms with van der Waals surface area (Å²) in [5.74, 6) is -0.241. The highest BCUT2D eigenvalue weighted by Crippen LogP contribution is 2.27. The van der Waals surface area contributed by atoms with Crippen LogP contribution in [0.4, 0.5) is 11.4 Å². The second-order valence-electron chi connectivity index (χ2n) is 5.79. The minimum atomic E-state index is -0.521. The summed E-state index contributed by atoms with van der Waals surface area (Å²) in [6.07, 6.45) is 0.921. The molecule has 1 heterocycles. The molecule has 2 aromatic carbocycles. The summed E-state index contributed by atoms with van der Waals surface area (Å²) < 4.78 is 2.05. The Kier molecular flexibility index (Phi) is 5.98. The Morgan fingerprint density at radius 2 is 2.11 bits per heavy atom. The Balaban J connectivity index is 1.76. The Morgan fingerprint density at radius 3 is 2.85 bits per heavy atom. The SMILES string of the molecule is CCCn1c(SCC(=O)Nc2ccccc2[N+](=O)[O-])nc2cc(Cl)ccc21. The number of halogens is 1. The van der Waals surface area contributed by atoms with Crippen molar-refractivity contribution in [3.8, 4) is 0 Å². The average Bonchev–Trinajstić information content (AvgIpc) is 2.97. The molecule has 0 radical (unpaired) electrons. The van der Waals surface area contributed by atoms with E-state index < -0.39 is 4.92 Å². The van der Waals surface area contributed by atoms with E-state index in [0.29, 0.717) is 10.2 Å². The van der Waals surface area contributed by atoms with Gasteiger partial charge in [0.05, 0.1) is 21.7 Å². The van der Waals surface area contributed by atoms with Crippen molar-refractivity contribution >= 4 is 51.7 Å². The van der Waals surface area contributed by atoms with Gasteiger partial charge in [0.15, 0.2) is 5.16 Å². The predicted molar refractivity (Wildman–Crippen MR) is 107 cm³/mol. The molecular formula is C18H17ClN4O3S. The number of aromatic nitrogens is 2. The molecule has 0 aliphatic heterocycles. The molecule has 1 N–H and O–H groups in total. The third-order valence-corrected chi connectivity index (χ3v) is 5.04. The van der Waals surface area contributed by atoms with Crippen LogP contribution in [0.1, 0.15) is 13.3 Å². The maximum Gasteiger partial charge on any atom is 0.292 e. The molecule has 9 heteroatoms. The van der Waals surface area contributed by atoms with Crippen LogP contribution in [0.5, 0.6) is 0 Å². The molecule has 0 atom stereocenters. The summed E-state index contributed by atoms with van der Waals surface area (Å²) in [4.78, 5) is 27.4. The van der Waals surface area contributed by atoms with Crippen LogP contribution in [0.15, 0.2) is 47.6 Å². The van der Waals surface area contributed by atoms with Crippen LogP contribution >= 0.6 is 23.4 Å². The van der Waals surface area contributed by atoms with E-state index in [1.165, 1.54) is 23.9 Å². The molecule has 3 rings (SSSR count). The number of carbonyl (C=O) groups is 1. The lowest BCUT2D eigenvalue weighted by Gasteiger charge is -2.08. The molecule has 0 unspecified atom stereocenters. The van der Waals surface area contributed by atoms with Gasteiger partial charge >= 0.3 is 0 Å². The van der Waals surface area contributed by atoms with Crippen LogP contribution in [0, 0.1) is 10.1 Å². The van der Waals surface area contributed by atoms with E-state index in [1.54, 1.807) is 18.2 Å². The molecule has 0 aliphatic carbocycles. The first-order valence-electron chi connectivity index (χ1n) is 8.31. The lowest BCUT2D eigenvalue weighted by molar-refractivity contribution is -0.383. The van der Waals surface area contributed by atoms with Crippen molar-refractivity contribution in [1.82, 2.24) is 9.55 Å². The van der Waals surface area contributed by atoms with Crippen molar-refractivity contribution in [3.05, 3.63) is 57.6 Å². The maximum atomic E-state index is 12.3. The number of imidazole rings is 1. The number of para-hydroxylation sites is 2. The lowest BCUT2D eigenvalue weighted by atomic mass is 10.2. The Morgan fingerprint density at radius 1 is 1.33 bits per heavy atom. The number of fused-ring (bicyclic) bond motifs is 1. The van der Waals surface area contributed by atoms with Gasteiger partial charge in [-0.25, -0.2) is 4.98 Å². The topological polar surface area (TPSA) is 90.1 Å². The van der Waals surface area contributed by atoms with Gasteiger partial charge < -0.3 is 9.88 Å². The molecule has 0 aliphatic rings. The number of benzene rings is 2. The van der Waals surface area contributed by atoms with Gasteiger partial charge in [-0.3, -0.25) is 14.9 Å². The van der Waals surface area contributed by atoms with Gasteiger partial charge in [-0.15, -0.1) is 0 Å². The summed E-state index contributed by atoms with van der Waals surface area (Å²) in [5.41, 5.74) is 1.78. The number of hydrogen-bond donors (Lipinski definition) is 1. The van der Waals surface area contributed by atoms with Gasteiger partial charge in [0.25, 0.3) is 5.69 Å². The summed E-state index contributed by atoms with van der Waals surface area (Å²) in [5, 5.41) is 15.0. The predicted octanol–water partition coefficient (Wildman–Crippen LogP) is 4.74. The van der Waals surface area contributed by atoms with E-state index in [4.69, 9.17) is 11.6 Å². The number of amides is 1. The first-order valence-corrected chi connectivity index (χ1v) is 9.67. The Bertz CT molecular complexity index is 1010. The number of rotatable bonds is 7.